The van der Waals surface area contributed by atoms with Crippen molar-refractivity contribution in [3.63, 3.8) is 0 Å². The molecule has 1 N–H and O–H groups in total. The van der Waals surface area contributed by atoms with Gasteiger partial charge in [-0.1, -0.05) is 30.8 Å². The summed E-state index contributed by atoms with van der Waals surface area (Å²) in [6.45, 7) is 7.62. The van der Waals surface area contributed by atoms with Crippen LogP contribution in [0.3, 0.4) is 0 Å². The van der Waals surface area contributed by atoms with Gasteiger partial charge in [0.1, 0.15) is 5.60 Å². The molecule has 128 valence electrons. The number of sulfonamides is 1. The lowest BCUT2D eigenvalue weighted by Crippen LogP contribution is -2.38. The molecule has 0 aromatic heterocycles. The Labute approximate surface area is 142 Å². The minimum Gasteiger partial charge on any atom is -0.534 e. The molecule has 2 fully saturated rings. The van der Waals surface area contributed by atoms with E-state index in [0.29, 0.717) is 18.6 Å². The first-order valence-electron chi connectivity index (χ1n) is 7.70. The number of amides is 1. The van der Waals surface area contributed by atoms with Gasteiger partial charge in [-0.15, -0.1) is 0 Å². The van der Waals surface area contributed by atoms with Crippen LogP contribution in [0.25, 0.3) is 0 Å². The number of hydrogen-bond donors (Lipinski definition) is 1. The molecule has 1 aromatic rings. The molecule has 1 saturated carbocycles. The number of carbonyl (C=O) groups is 1. The third-order valence-electron chi connectivity index (χ3n) is 4.52. The van der Waals surface area contributed by atoms with Gasteiger partial charge >= 0.3 is 7.12 Å². The molecule has 0 spiro atoms. The molecule has 0 radical (unpaired) electrons. The molecule has 1 aliphatic heterocycles. The van der Waals surface area contributed by atoms with E-state index in [2.05, 4.69) is 11.3 Å². The standard InChI is InChI=1S/C16H20BNO5S/c1-11-15(2,3)23-17(22-11)13-7-5-12(6-8-13)16(9-10-16)14(19)18-24(4,20)21/h5-8H,1,9-10H2,2-4H3,(H,18,19). The fourth-order valence-corrected chi connectivity index (χ4v) is 3.29. The first-order valence-corrected chi connectivity index (χ1v) is 9.59. The molecule has 0 unspecified atom stereocenters. The fourth-order valence-electron chi connectivity index (χ4n) is 2.76. The van der Waals surface area contributed by atoms with Gasteiger partial charge in [-0.05, 0) is 37.7 Å². The predicted molar refractivity (Wildman–Crippen MR) is 91.1 cm³/mol. The van der Waals surface area contributed by atoms with E-state index in [0.717, 1.165) is 17.3 Å². The van der Waals surface area contributed by atoms with E-state index in [4.69, 9.17) is 9.31 Å². The van der Waals surface area contributed by atoms with Gasteiger partial charge < -0.3 is 9.31 Å². The molecule has 2 aliphatic rings. The van der Waals surface area contributed by atoms with Crippen molar-refractivity contribution in [3.8, 4) is 0 Å². The lowest BCUT2D eigenvalue weighted by Gasteiger charge is -2.16. The molecule has 6 nitrogen and oxygen atoms in total. The molecule has 0 atom stereocenters. The molecule has 1 heterocycles. The monoisotopic (exact) mass is 349 g/mol. The van der Waals surface area contributed by atoms with Gasteiger partial charge in [-0.2, -0.15) is 0 Å². The highest BCUT2D eigenvalue weighted by Crippen LogP contribution is 2.48. The van der Waals surface area contributed by atoms with E-state index in [1.54, 1.807) is 0 Å². The van der Waals surface area contributed by atoms with Gasteiger partial charge in [-0.3, -0.25) is 9.52 Å². The van der Waals surface area contributed by atoms with Crippen LogP contribution in [-0.2, 0) is 29.5 Å². The second-order valence-electron chi connectivity index (χ2n) is 6.91. The highest BCUT2D eigenvalue weighted by Gasteiger charge is 2.52. The third-order valence-corrected chi connectivity index (χ3v) is 5.08. The maximum atomic E-state index is 12.3. The molecule has 3 rings (SSSR count). The summed E-state index contributed by atoms with van der Waals surface area (Å²) >= 11 is 0. The summed E-state index contributed by atoms with van der Waals surface area (Å²) in [4.78, 5) is 12.3. The van der Waals surface area contributed by atoms with Crippen molar-refractivity contribution in [1.82, 2.24) is 4.72 Å². The zero-order chi connectivity index (χ0) is 17.8. The van der Waals surface area contributed by atoms with Crippen LogP contribution >= 0.6 is 0 Å². The summed E-state index contributed by atoms with van der Waals surface area (Å²) < 4.78 is 36.1. The quantitative estimate of drug-likeness (QED) is 0.815. The van der Waals surface area contributed by atoms with E-state index in [1.165, 1.54) is 0 Å². The molecule has 1 aromatic carbocycles. The second-order valence-corrected chi connectivity index (χ2v) is 8.66. The highest BCUT2D eigenvalue weighted by atomic mass is 32.2. The van der Waals surface area contributed by atoms with Crippen LogP contribution in [-0.4, -0.2) is 33.3 Å². The van der Waals surface area contributed by atoms with Crippen molar-refractivity contribution in [2.45, 2.75) is 37.7 Å². The lowest BCUT2D eigenvalue weighted by atomic mass is 9.78. The van der Waals surface area contributed by atoms with E-state index in [1.807, 2.05) is 38.1 Å². The van der Waals surface area contributed by atoms with Crippen molar-refractivity contribution >= 4 is 28.5 Å². The van der Waals surface area contributed by atoms with Gasteiger partial charge in [-0.25, -0.2) is 8.42 Å². The number of nitrogens with one attached hydrogen (secondary N) is 1. The van der Waals surface area contributed by atoms with Crippen LogP contribution in [0.2, 0.25) is 0 Å². The van der Waals surface area contributed by atoms with Crippen molar-refractivity contribution in [2.75, 3.05) is 6.26 Å². The smallest absolute Gasteiger partial charge is 0.534 e. The number of carbonyl (C=O) groups excluding carboxylic acids is 1. The average molecular weight is 349 g/mol. The zero-order valence-corrected chi connectivity index (χ0v) is 14.8. The summed E-state index contributed by atoms with van der Waals surface area (Å²) in [6, 6.07) is 7.32. The minimum absolute atomic E-state index is 0.472. The molecule has 1 saturated heterocycles. The molecule has 8 heteroatoms. The van der Waals surface area contributed by atoms with Gasteiger partial charge in [0, 0.05) is 0 Å². The maximum Gasteiger partial charge on any atom is 0.563 e. The molecule has 0 bridgehead atoms. The Hall–Kier alpha value is -1.80. The molecular weight excluding hydrogens is 329 g/mol. The maximum absolute atomic E-state index is 12.3. The molecule has 1 amide bonds. The number of rotatable bonds is 4. The summed E-state index contributed by atoms with van der Waals surface area (Å²) in [5.74, 6) is 0.100. The minimum atomic E-state index is -3.56. The number of benzene rings is 1. The van der Waals surface area contributed by atoms with Gasteiger partial charge in [0.15, 0.2) is 0 Å². The van der Waals surface area contributed by atoms with E-state index < -0.39 is 34.1 Å². The van der Waals surface area contributed by atoms with Gasteiger partial charge in [0.2, 0.25) is 15.9 Å². The van der Waals surface area contributed by atoms with Crippen LogP contribution in [0.4, 0.5) is 0 Å². The first-order chi connectivity index (χ1) is 11.0. The summed E-state index contributed by atoms with van der Waals surface area (Å²) in [5.41, 5.74) is 0.325. The molecular formula is C16H20BNO5S. The third kappa shape index (κ3) is 3.08. The topological polar surface area (TPSA) is 81.7 Å². The summed E-state index contributed by atoms with van der Waals surface area (Å²) in [5, 5.41) is 0. The Balaban J connectivity index is 1.78. The normalized spacial score (nSPS) is 21.3. The van der Waals surface area contributed by atoms with Crippen molar-refractivity contribution < 1.29 is 22.5 Å². The van der Waals surface area contributed by atoms with Crippen LogP contribution in [0.1, 0.15) is 32.3 Å². The average Bonchev–Trinajstić information content (AvgIpc) is 3.21. The predicted octanol–water partition coefficient (Wildman–Crippen LogP) is 0.828. The Morgan fingerprint density at radius 1 is 1.25 bits per heavy atom. The van der Waals surface area contributed by atoms with E-state index in [-0.39, 0.29) is 0 Å². The fraction of sp³-hybridized carbons (Fsp3) is 0.438. The Kier molecular flexibility index (Phi) is 3.80. The second kappa shape index (κ2) is 5.36. The first kappa shape index (κ1) is 17.0. The van der Waals surface area contributed by atoms with E-state index >= 15 is 0 Å². The lowest BCUT2D eigenvalue weighted by molar-refractivity contribution is -0.121. The van der Waals surface area contributed by atoms with Crippen LogP contribution in [0, 0.1) is 0 Å². The van der Waals surface area contributed by atoms with Crippen LogP contribution < -0.4 is 10.2 Å². The van der Waals surface area contributed by atoms with E-state index in [9.17, 15) is 13.2 Å². The van der Waals surface area contributed by atoms with Crippen molar-refractivity contribution in [2.24, 2.45) is 0 Å². The Bertz CT molecular complexity index is 796. The van der Waals surface area contributed by atoms with Crippen molar-refractivity contribution in [1.29, 1.82) is 0 Å². The SMILES string of the molecule is C=C1OB(c2ccc(C3(C(=O)NS(C)(=O)=O)CC3)cc2)OC1(C)C. The van der Waals surface area contributed by atoms with Gasteiger partial charge in [0.05, 0.1) is 17.4 Å². The van der Waals surface area contributed by atoms with Gasteiger partial charge in [0.25, 0.3) is 0 Å². The Morgan fingerprint density at radius 2 is 1.83 bits per heavy atom. The van der Waals surface area contributed by atoms with Crippen LogP contribution in [0.5, 0.6) is 0 Å². The van der Waals surface area contributed by atoms with Crippen molar-refractivity contribution in [3.05, 3.63) is 42.2 Å². The molecule has 24 heavy (non-hydrogen) atoms. The Morgan fingerprint density at radius 3 is 2.25 bits per heavy atom. The highest BCUT2D eigenvalue weighted by molar-refractivity contribution is 7.89. The van der Waals surface area contributed by atoms with Crippen LogP contribution in [0.15, 0.2) is 36.6 Å². The zero-order valence-electron chi connectivity index (χ0n) is 14.0. The summed E-state index contributed by atoms with van der Waals surface area (Å²) in [6.07, 6.45) is 2.25. The molecule has 1 aliphatic carbocycles. The number of hydrogen-bond acceptors (Lipinski definition) is 5. The summed E-state index contributed by atoms with van der Waals surface area (Å²) in [7, 11) is -4.09. The largest absolute Gasteiger partial charge is 0.563 e.